The highest BCUT2D eigenvalue weighted by molar-refractivity contribution is 7.18. The number of carbonyl (C=O) groups is 1. The van der Waals surface area contributed by atoms with Crippen molar-refractivity contribution < 1.29 is 4.79 Å². The molecule has 1 saturated carbocycles. The monoisotopic (exact) mass is 334 g/mol. The number of nitrogens with one attached hydrogen (secondary N) is 1. The topological polar surface area (TPSA) is 76.9 Å². The Balaban J connectivity index is 1.80. The van der Waals surface area contributed by atoms with Crippen LogP contribution in [0.25, 0.3) is 10.2 Å². The first-order valence-electron chi connectivity index (χ1n) is 8.25. The highest BCUT2D eigenvalue weighted by atomic mass is 32.1. The summed E-state index contributed by atoms with van der Waals surface area (Å²) in [4.78, 5) is 26.6. The predicted octanol–water partition coefficient (Wildman–Crippen LogP) is 2.17. The van der Waals surface area contributed by atoms with Crippen molar-refractivity contribution in [1.29, 1.82) is 0 Å². The molecule has 7 heteroatoms. The quantitative estimate of drug-likeness (QED) is 0.929. The summed E-state index contributed by atoms with van der Waals surface area (Å²) >= 11 is 1.51. The molecule has 124 valence electrons. The third kappa shape index (κ3) is 3.29. The Morgan fingerprint density at radius 1 is 1.35 bits per heavy atom. The minimum absolute atomic E-state index is 0.0605. The number of carbonyl (C=O) groups excluding carboxylic acids is 1. The fourth-order valence-corrected chi connectivity index (χ4v) is 4.28. The number of nitrogens with zero attached hydrogens (tertiary/aromatic N) is 3. The molecule has 0 aromatic carbocycles. The average molecular weight is 334 g/mol. The molecule has 1 aliphatic rings. The third-order valence-corrected chi connectivity index (χ3v) is 5.82. The Labute approximate surface area is 138 Å². The predicted molar refractivity (Wildman–Crippen MR) is 90.8 cm³/mol. The maximum atomic E-state index is 12.6. The second kappa shape index (κ2) is 6.78. The molecule has 0 radical (unpaired) electrons. The maximum absolute atomic E-state index is 12.6. The minimum Gasteiger partial charge on any atom is -0.352 e. The van der Waals surface area contributed by atoms with Crippen LogP contribution in [0.5, 0.6) is 0 Å². The van der Waals surface area contributed by atoms with E-state index in [2.05, 4.69) is 22.6 Å². The lowest BCUT2D eigenvalue weighted by Gasteiger charge is -2.22. The maximum Gasteiger partial charge on any atom is 0.279 e. The molecule has 0 aliphatic heterocycles. The molecule has 6 nitrogen and oxygen atoms in total. The first kappa shape index (κ1) is 16.1. The van der Waals surface area contributed by atoms with Gasteiger partial charge in [0.25, 0.3) is 5.56 Å². The Hall–Kier alpha value is -1.76. The van der Waals surface area contributed by atoms with Gasteiger partial charge in [0.05, 0.1) is 5.39 Å². The molecule has 2 aromatic heterocycles. The number of hydrogen-bond acceptors (Lipinski definition) is 5. The third-order valence-electron chi connectivity index (χ3n) is 4.50. The first-order valence-corrected chi connectivity index (χ1v) is 9.07. The Morgan fingerprint density at radius 2 is 2.09 bits per heavy atom. The van der Waals surface area contributed by atoms with E-state index in [-0.39, 0.29) is 24.1 Å². The summed E-state index contributed by atoms with van der Waals surface area (Å²) in [6.45, 7) is 3.93. The van der Waals surface area contributed by atoms with Gasteiger partial charge in [0, 0.05) is 10.9 Å². The van der Waals surface area contributed by atoms with E-state index in [0.29, 0.717) is 10.2 Å². The van der Waals surface area contributed by atoms with Crippen LogP contribution < -0.4 is 10.9 Å². The van der Waals surface area contributed by atoms with Crippen LogP contribution in [0, 0.1) is 6.92 Å². The van der Waals surface area contributed by atoms with Crippen molar-refractivity contribution in [3.8, 4) is 0 Å². The van der Waals surface area contributed by atoms with E-state index in [0.717, 1.165) is 42.5 Å². The lowest BCUT2D eigenvalue weighted by molar-refractivity contribution is -0.122. The van der Waals surface area contributed by atoms with E-state index >= 15 is 0 Å². The van der Waals surface area contributed by atoms with Gasteiger partial charge in [-0.1, -0.05) is 31.4 Å². The number of aromatic nitrogens is 3. The summed E-state index contributed by atoms with van der Waals surface area (Å²) < 4.78 is 1.18. The molecule has 0 unspecified atom stereocenters. The normalized spacial score (nSPS) is 15.9. The second-order valence-corrected chi connectivity index (χ2v) is 7.22. The van der Waals surface area contributed by atoms with Crippen molar-refractivity contribution in [3.05, 3.63) is 20.8 Å². The van der Waals surface area contributed by atoms with Crippen LogP contribution in [-0.4, -0.2) is 26.9 Å². The molecule has 3 rings (SSSR count). The molecular weight excluding hydrogens is 312 g/mol. The molecule has 0 spiro atoms. The summed E-state index contributed by atoms with van der Waals surface area (Å²) in [6, 6.07) is 0.234. The largest absolute Gasteiger partial charge is 0.352 e. The Morgan fingerprint density at radius 3 is 2.78 bits per heavy atom. The molecule has 1 N–H and O–H groups in total. The molecule has 23 heavy (non-hydrogen) atoms. The van der Waals surface area contributed by atoms with E-state index in [1.54, 1.807) is 0 Å². The van der Waals surface area contributed by atoms with Crippen LogP contribution in [0.3, 0.4) is 0 Å². The zero-order chi connectivity index (χ0) is 16.4. The van der Waals surface area contributed by atoms with Gasteiger partial charge in [-0.2, -0.15) is 0 Å². The Bertz CT molecular complexity index is 774. The van der Waals surface area contributed by atoms with Crippen molar-refractivity contribution in [2.45, 2.75) is 65.0 Å². The average Bonchev–Trinajstić information content (AvgIpc) is 2.88. The van der Waals surface area contributed by atoms with Gasteiger partial charge < -0.3 is 5.32 Å². The summed E-state index contributed by atoms with van der Waals surface area (Å²) in [7, 11) is 0. The first-order chi connectivity index (χ1) is 11.1. The molecule has 2 aromatic rings. The summed E-state index contributed by atoms with van der Waals surface area (Å²) in [5.74, 6) is -0.156. The minimum atomic E-state index is -0.220. The number of rotatable bonds is 4. The molecular formula is C16H22N4O2S. The van der Waals surface area contributed by atoms with E-state index in [9.17, 15) is 9.59 Å². The van der Waals surface area contributed by atoms with E-state index in [1.807, 2.05) is 6.92 Å². The van der Waals surface area contributed by atoms with Crippen LogP contribution in [0.15, 0.2) is 4.79 Å². The van der Waals surface area contributed by atoms with Gasteiger partial charge in [-0.15, -0.1) is 16.4 Å². The summed E-state index contributed by atoms with van der Waals surface area (Å²) in [6.07, 6.45) is 6.47. The molecule has 0 saturated heterocycles. The zero-order valence-corrected chi connectivity index (χ0v) is 14.4. The van der Waals surface area contributed by atoms with Crippen LogP contribution in [0.2, 0.25) is 0 Å². The van der Waals surface area contributed by atoms with E-state index in [1.165, 1.54) is 22.4 Å². The van der Waals surface area contributed by atoms with Crippen molar-refractivity contribution in [2.24, 2.45) is 0 Å². The highest BCUT2D eigenvalue weighted by Gasteiger charge is 2.18. The standard InChI is InChI=1S/C16H22N4O2S/c1-3-12-10(2)14-15(23-12)18-19-20(16(14)22)9-13(21)17-11-7-5-4-6-8-11/h11H,3-9H2,1-2H3,(H,17,21). The van der Waals surface area contributed by atoms with Crippen LogP contribution in [0.1, 0.15) is 49.5 Å². The van der Waals surface area contributed by atoms with Crippen molar-refractivity contribution >= 4 is 27.5 Å². The lowest BCUT2D eigenvalue weighted by atomic mass is 9.95. The lowest BCUT2D eigenvalue weighted by Crippen LogP contribution is -2.40. The molecule has 2 heterocycles. The number of aryl methyl sites for hydroxylation is 2. The number of fused-ring (bicyclic) bond motifs is 1. The molecule has 1 aliphatic carbocycles. The molecule has 1 amide bonds. The highest BCUT2D eigenvalue weighted by Crippen LogP contribution is 2.26. The van der Waals surface area contributed by atoms with Gasteiger partial charge in [-0.3, -0.25) is 9.59 Å². The number of hydrogen-bond donors (Lipinski definition) is 1. The summed E-state index contributed by atoms with van der Waals surface area (Å²) in [5.41, 5.74) is 0.746. The van der Waals surface area contributed by atoms with Crippen molar-refractivity contribution in [1.82, 2.24) is 20.3 Å². The van der Waals surface area contributed by atoms with Gasteiger partial charge in [-0.25, -0.2) is 4.68 Å². The van der Waals surface area contributed by atoms with Gasteiger partial charge >= 0.3 is 0 Å². The van der Waals surface area contributed by atoms with E-state index in [4.69, 9.17) is 0 Å². The Kier molecular flexibility index (Phi) is 4.75. The zero-order valence-electron chi connectivity index (χ0n) is 13.6. The molecule has 0 bridgehead atoms. The van der Waals surface area contributed by atoms with Gasteiger partial charge in [0.2, 0.25) is 5.91 Å². The van der Waals surface area contributed by atoms with Crippen LogP contribution >= 0.6 is 11.3 Å². The fourth-order valence-electron chi connectivity index (χ4n) is 3.23. The number of amides is 1. The van der Waals surface area contributed by atoms with Crippen LogP contribution in [0.4, 0.5) is 0 Å². The second-order valence-electron chi connectivity index (χ2n) is 6.14. The van der Waals surface area contributed by atoms with Crippen molar-refractivity contribution in [2.75, 3.05) is 0 Å². The van der Waals surface area contributed by atoms with Gasteiger partial charge in [-0.05, 0) is 31.7 Å². The molecule has 0 atom stereocenters. The smallest absolute Gasteiger partial charge is 0.279 e. The van der Waals surface area contributed by atoms with Crippen LogP contribution in [-0.2, 0) is 17.8 Å². The van der Waals surface area contributed by atoms with Gasteiger partial charge in [0.15, 0.2) is 4.83 Å². The van der Waals surface area contributed by atoms with E-state index < -0.39 is 0 Å². The number of thiophene rings is 1. The van der Waals surface area contributed by atoms with Gasteiger partial charge in [0.1, 0.15) is 6.54 Å². The fraction of sp³-hybridized carbons (Fsp3) is 0.625. The van der Waals surface area contributed by atoms with Crippen molar-refractivity contribution in [3.63, 3.8) is 0 Å². The molecule has 1 fully saturated rings. The summed E-state index contributed by atoms with van der Waals surface area (Å²) in [5, 5.41) is 11.7. The SMILES string of the molecule is CCc1sc2nnn(CC(=O)NC3CCCCC3)c(=O)c2c1C.